The molecule has 0 unspecified atom stereocenters. The van der Waals surface area contributed by atoms with Crippen molar-refractivity contribution in [2.24, 2.45) is 0 Å². The largest absolute Gasteiger partial charge is 0.507 e. The summed E-state index contributed by atoms with van der Waals surface area (Å²) >= 11 is 0. The molecule has 5 rings (SSSR count). The molecule has 16 heteroatoms. The van der Waals surface area contributed by atoms with E-state index in [0.29, 0.717) is 0 Å². The van der Waals surface area contributed by atoms with E-state index in [-0.39, 0.29) is 16.9 Å². The van der Waals surface area contributed by atoms with Gasteiger partial charge in [-0.15, -0.1) is 0 Å². The average Bonchev–Trinajstić information content (AvgIpc) is 2.97. The average molecular weight is 611 g/mol. The van der Waals surface area contributed by atoms with Crippen molar-refractivity contribution in [1.29, 1.82) is 0 Å². The molecule has 1 aromatic heterocycles. The maximum Gasteiger partial charge on any atom is 0.239 e. The number of aliphatic hydroxyl groups excluding tert-OH is 7. The molecule has 0 radical (unpaired) electrons. The molecule has 0 amide bonds. The lowest BCUT2D eigenvalue weighted by atomic mass is 9.99. The number of ether oxygens (including phenoxy) is 4. The summed E-state index contributed by atoms with van der Waals surface area (Å²) in [5, 5.41) is 101. The molecule has 3 heterocycles. The molecule has 234 valence electrons. The molecule has 2 saturated heterocycles. The number of phenols is 3. The predicted octanol–water partition coefficient (Wildman–Crippen LogP) is -2.04. The van der Waals surface area contributed by atoms with Gasteiger partial charge in [0.15, 0.2) is 17.3 Å². The highest BCUT2D eigenvalue weighted by Gasteiger charge is 2.46. The van der Waals surface area contributed by atoms with Crippen LogP contribution in [-0.4, -0.2) is 119 Å². The van der Waals surface area contributed by atoms with Crippen molar-refractivity contribution in [3.8, 4) is 40.1 Å². The fraction of sp³-hybridized carbons (Fsp3) is 0.444. The van der Waals surface area contributed by atoms with Gasteiger partial charge in [-0.05, 0) is 25.1 Å². The summed E-state index contributed by atoms with van der Waals surface area (Å²) in [4.78, 5) is 13.7. The third kappa shape index (κ3) is 5.55. The number of rotatable bonds is 6. The minimum atomic E-state index is -1.92. The molecule has 10 N–H and O–H groups in total. The Labute approximate surface area is 241 Å². The van der Waals surface area contributed by atoms with Gasteiger partial charge in [-0.2, -0.15) is 0 Å². The zero-order valence-corrected chi connectivity index (χ0v) is 22.3. The lowest BCUT2D eigenvalue weighted by Crippen LogP contribution is -2.60. The number of hydrogen-bond acceptors (Lipinski definition) is 16. The third-order valence-electron chi connectivity index (χ3n) is 7.29. The number of aromatic hydroxyl groups is 3. The van der Waals surface area contributed by atoms with E-state index in [1.807, 2.05) is 0 Å². The lowest BCUT2D eigenvalue weighted by Gasteiger charge is -2.39. The van der Waals surface area contributed by atoms with E-state index in [2.05, 4.69) is 0 Å². The van der Waals surface area contributed by atoms with Crippen LogP contribution in [0.3, 0.4) is 0 Å². The molecular weight excluding hydrogens is 580 g/mol. The van der Waals surface area contributed by atoms with E-state index >= 15 is 0 Å². The predicted molar refractivity (Wildman–Crippen MR) is 140 cm³/mol. The number of benzene rings is 2. The monoisotopic (exact) mass is 610 g/mol. The highest BCUT2D eigenvalue weighted by molar-refractivity contribution is 5.88. The molecule has 0 saturated carbocycles. The first-order chi connectivity index (χ1) is 20.3. The van der Waals surface area contributed by atoms with Crippen molar-refractivity contribution in [3.05, 3.63) is 40.6 Å². The van der Waals surface area contributed by atoms with E-state index in [1.54, 1.807) is 0 Å². The fourth-order valence-electron chi connectivity index (χ4n) is 4.81. The summed E-state index contributed by atoms with van der Waals surface area (Å²) < 4.78 is 27.8. The number of hydrogen-bond donors (Lipinski definition) is 10. The van der Waals surface area contributed by atoms with Gasteiger partial charge in [-0.1, -0.05) is 0 Å². The first-order valence-corrected chi connectivity index (χ1v) is 13.0. The second-order valence-corrected chi connectivity index (χ2v) is 10.2. The number of phenolic OH excluding ortho intramolecular Hbond substituents is 3. The molecule has 16 nitrogen and oxygen atoms in total. The van der Waals surface area contributed by atoms with Crippen LogP contribution in [0.4, 0.5) is 0 Å². The normalized spacial score (nSPS) is 32.9. The standard InChI is InChI=1S/C27H30O16/c1-8-17(32)20(35)22(37)26(39-8)40-10-5-13(31)16-14(6-10)41-24(9-2-3-11(29)12(30)4-9)25(19(16)34)43-27-23(38)21(36)18(33)15(7-28)42-27/h2-6,8,15,17-18,20-23,26-33,35-38H,7H2,1H3/t8-,15+,17-,18-,20+,21-,22+,23+,26-,27+/m0/s1. The molecule has 3 aromatic rings. The van der Waals surface area contributed by atoms with Crippen LogP contribution in [0.15, 0.2) is 39.5 Å². The van der Waals surface area contributed by atoms with Crippen LogP contribution in [0.2, 0.25) is 0 Å². The SMILES string of the molecule is C[C@@H]1O[C@@H](Oc2cc(O)c3c(=O)c(O[C@H]4O[C@H](CO)[C@H](O)[C@H](O)[C@H]4O)c(-c4ccc(O)c(O)c4)oc3c2)[C@H](O)[C@H](O)[C@H]1O. The Kier molecular flexibility index (Phi) is 8.41. The molecule has 10 atom stereocenters. The van der Waals surface area contributed by atoms with Gasteiger partial charge >= 0.3 is 0 Å². The van der Waals surface area contributed by atoms with Crippen LogP contribution in [0.1, 0.15) is 6.92 Å². The first-order valence-electron chi connectivity index (χ1n) is 13.0. The van der Waals surface area contributed by atoms with Gasteiger partial charge in [0, 0.05) is 17.7 Å². The van der Waals surface area contributed by atoms with Crippen molar-refractivity contribution in [1.82, 2.24) is 0 Å². The smallest absolute Gasteiger partial charge is 0.239 e. The minimum Gasteiger partial charge on any atom is -0.507 e. The number of aliphatic hydroxyl groups is 7. The summed E-state index contributed by atoms with van der Waals surface area (Å²) in [5.74, 6) is -3.14. The van der Waals surface area contributed by atoms with Crippen molar-refractivity contribution in [3.63, 3.8) is 0 Å². The molecular formula is C27H30O16. The molecule has 2 aromatic carbocycles. The molecule has 0 bridgehead atoms. The topological polar surface area (TPSA) is 269 Å². The van der Waals surface area contributed by atoms with Gasteiger partial charge in [0.25, 0.3) is 0 Å². The summed E-state index contributed by atoms with van der Waals surface area (Å²) in [7, 11) is 0. The van der Waals surface area contributed by atoms with Crippen LogP contribution in [-0.2, 0) is 9.47 Å². The summed E-state index contributed by atoms with van der Waals surface area (Å²) in [6, 6.07) is 5.43. The summed E-state index contributed by atoms with van der Waals surface area (Å²) in [6.07, 6.45) is -15.9. The van der Waals surface area contributed by atoms with Gasteiger partial charge < -0.3 is 74.4 Å². The van der Waals surface area contributed by atoms with Crippen LogP contribution >= 0.6 is 0 Å². The zero-order chi connectivity index (χ0) is 31.3. The van der Waals surface area contributed by atoms with E-state index in [4.69, 9.17) is 23.4 Å². The van der Waals surface area contributed by atoms with Crippen LogP contribution in [0, 0.1) is 0 Å². The molecule has 2 aliphatic heterocycles. The van der Waals surface area contributed by atoms with Gasteiger partial charge in [0.05, 0.1) is 12.7 Å². The van der Waals surface area contributed by atoms with Crippen molar-refractivity contribution < 1.29 is 74.4 Å². The zero-order valence-electron chi connectivity index (χ0n) is 22.3. The van der Waals surface area contributed by atoms with E-state index in [1.165, 1.54) is 13.0 Å². The van der Waals surface area contributed by atoms with E-state index in [9.17, 15) is 55.9 Å². The van der Waals surface area contributed by atoms with Crippen LogP contribution in [0.5, 0.6) is 28.7 Å². The van der Waals surface area contributed by atoms with Gasteiger partial charge in [-0.25, -0.2) is 0 Å². The van der Waals surface area contributed by atoms with E-state index < -0.39 is 108 Å². The quantitative estimate of drug-likeness (QED) is 0.135. The Morgan fingerprint density at radius 3 is 2.05 bits per heavy atom. The number of fused-ring (bicyclic) bond motifs is 1. The molecule has 43 heavy (non-hydrogen) atoms. The Balaban J connectivity index is 1.61. The van der Waals surface area contributed by atoms with Crippen LogP contribution < -0.4 is 14.9 Å². The summed E-state index contributed by atoms with van der Waals surface area (Å²) in [5.41, 5.74) is -1.40. The highest BCUT2D eigenvalue weighted by Crippen LogP contribution is 2.40. The second kappa shape index (κ2) is 11.8. The highest BCUT2D eigenvalue weighted by atomic mass is 16.7. The van der Waals surface area contributed by atoms with Crippen molar-refractivity contribution in [2.75, 3.05) is 6.61 Å². The first kappa shape index (κ1) is 30.7. The third-order valence-corrected chi connectivity index (χ3v) is 7.29. The second-order valence-electron chi connectivity index (χ2n) is 10.2. The Hall–Kier alpha value is -3.71. The van der Waals surface area contributed by atoms with Crippen molar-refractivity contribution >= 4 is 11.0 Å². The maximum atomic E-state index is 13.7. The van der Waals surface area contributed by atoms with E-state index in [0.717, 1.165) is 24.3 Å². The van der Waals surface area contributed by atoms with Gasteiger partial charge in [-0.3, -0.25) is 4.79 Å². The Bertz CT molecular complexity index is 1540. The summed E-state index contributed by atoms with van der Waals surface area (Å²) in [6.45, 7) is 0.650. The Morgan fingerprint density at radius 1 is 0.744 bits per heavy atom. The van der Waals surface area contributed by atoms with Gasteiger partial charge in [0.2, 0.25) is 23.8 Å². The molecule has 0 spiro atoms. The van der Waals surface area contributed by atoms with Crippen molar-refractivity contribution in [2.45, 2.75) is 68.3 Å². The lowest BCUT2D eigenvalue weighted by molar-refractivity contribution is -0.277. The fourth-order valence-corrected chi connectivity index (χ4v) is 4.81. The maximum absolute atomic E-state index is 13.7. The molecule has 2 aliphatic rings. The van der Waals surface area contributed by atoms with Crippen LogP contribution in [0.25, 0.3) is 22.3 Å². The molecule has 0 aliphatic carbocycles. The minimum absolute atomic E-state index is 0.0447. The van der Waals surface area contributed by atoms with Gasteiger partial charge in [0.1, 0.15) is 65.2 Å². The molecule has 2 fully saturated rings. The Morgan fingerprint density at radius 2 is 1.40 bits per heavy atom.